The zero-order valence-corrected chi connectivity index (χ0v) is 12.9. The van der Waals surface area contributed by atoms with Crippen molar-refractivity contribution in [2.75, 3.05) is 10.6 Å². The number of para-hydroxylation sites is 1. The number of carbonyl (C=O) groups is 2. The normalized spacial score (nSPS) is 10.5. The van der Waals surface area contributed by atoms with Gasteiger partial charge in [-0.2, -0.15) is 0 Å². The molecule has 1 heterocycles. The topological polar surface area (TPSA) is 74.0 Å². The SMILES string of the molecule is CC(=O)Nc1ccc(NC(=O)c2cc3cccc(C)c3[nH]2)cc1. The molecule has 5 nitrogen and oxygen atoms in total. The highest BCUT2D eigenvalue weighted by Crippen LogP contribution is 2.20. The smallest absolute Gasteiger partial charge is 0.272 e. The van der Waals surface area contributed by atoms with Crippen LogP contribution in [0, 0.1) is 6.92 Å². The monoisotopic (exact) mass is 307 g/mol. The van der Waals surface area contributed by atoms with E-state index in [1.165, 1.54) is 6.92 Å². The second-order valence-corrected chi connectivity index (χ2v) is 5.43. The predicted octanol–water partition coefficient (Wildman–Crippen LogP) is 3.69. The first kappa shape index (κ1) is 14.8. The number of rotatable bonds is 3. The number of aryl methyl sites for hydroxylation is 1. The Kier molecular flexibility index (Phi) is 3.85. The van der Waals surface area contributed by atoms with Crippen LogP contribution in [-0.4, -0.2) is 16.8 Å². The third-order valence-corrected chi connectivity index (χ3v) is 3.57. The molecule has 0 atom stereocenters. The predicted molar refractivity (Wildman–Crippen MR) is 91.7 cm³/mol. The van der Waals surface area contributed by atoms with Crippen LogP contribution in [0.4, 0.5) is 11.4 Å². The minimum absolute atomic E-state index is 0.129. The number of aromatic amines is 1. The molecule has 0 aliphatic carbocycles. The Morgan fingerprint density at radius 1 is 0.957 bits per heavy atom. The summed E-state index contributed by atoms with van der Waals surface area (Å²) in [6.07, 6.45) is 0. The first-order chi connectivity index (χ1) is 11.0. The highest BCUT2D eigenvalue weighted by molar-refractivity contribution is 6.06. The first-order valence-corrected chi connectivity index (χ1v) is 7.30. The Balaban J connectivity index is 1.77. The van der Waals surface area contributed by atoms with E-state index < -0.39 is 0 Å². The van der Waals surface area contributed by atoms with E-state index in [0.29, 0.717) is 17.1 Å². The number of anilines is 2. The Morgan fingerprint density at radius 2 is 1.61 bits per heavy atom. The van der Waals surface area contributed by atoms with Crippen LogP contribution < -0.4 is 10.6 Å². The van der Waals surface area contributed by atoms with Gasteiger partial charge in [-0.25, -0.2) is 0 Å². The average molecular weight is 307 g/mol. The number of amides is 2. The summed E-state index contributed by atoms with van der Waals surface area (Å²) in [5.41, 5.74) is 3.94. The fourth-order valence-corrected chi connectivity index (χ4v) is 2.47. The fourth-order valence-electron chi connectivity index (χ4n) is 2.47. The molecule has 0 saturated carbocycles. The van der Waals surface area contributed by atoms with Crippen LogP contribution in [0.3, 0.4) is 0 Å². The van der Waals surface area contributed by atoms with Crippen molar-refractivity contribution < 1.29 is 9.59 Å². The number of nitrogens with one attached hydrogen (secondary N) is 3. The lowest BCUT2D eigenvalue weighted by Gasteiger charge is -2.06. The van der Waals surface area contributed by atoms with E-state index in [9.17, 15) is 9.59 Å². The summed E-state index contributed by atoms with van der Waals surface area (Å²) < 4.78 is 0. The van der Waals surface area contributed by atoms with E-state index >= 15 is 0 Å². The highest BCUT2D eigenvalue weighted by atomic mass is 16.2. The van der Waals surface area contributed by atoms with Crippen molar-refractivity contribution in [2.45, 2.75) is 13.8 Å². The van der Waals surface area contributed by atoms with Crippen LogP contribution in [0.2, 0.25) is 0 Å². The zero-order chi connectivity index (χ0) is 16.4. The van der Waals surface area contributed by atoms with Crippen molar-refractivity contribution in [2.24, 2.45) is 0 Å². The Morgan fingerprint density at radius 3 is 2.22 bits per heavy atom. The minimum atomic E-state index is -0.201. The van der Waals surface area contributed by atoms with Crippen LogP contribution in [0.1, 0.15) is 23.0 Å². The molecule has 3 aromatic rings. The molecule has 2 aromatic carbocycles. The van der Waals surface area contributed by atoms with E-state index in [2.05, 4.69) is 15.6 Å². The Hall–Kier alpha value is -3.08. The highest BCUT2D eigenvalue weighted by Gasteiger charge is 2.10. The van der Waals surface area contributed by atoms with Crippen LogP contribution in [0.15, 0.2) is 48.5 Å². The molecule has 2 amide bonds. The van der Waals surface area contributed by atoms with Crippen molar-refractivity contribution in [3.05, 3.63) is 59.8 Å². The molecule has 0 bridgehead atoms. The number of benzene rings is 2. The van der Waals surface area contributed by atoms with Gasteiger partial charge in [0, 0.05) is 29.2 Å². The molecule has 5 heteroatoms. The molecule has 3 rings (SSSR count). The third kappa shape index (κ3) is 3.23. The van der Waals surface area contributed by atoms with Gasteiger partial charge in [0.2, 0.25) is 5.91 Å². The molecular weight excluding hydrogens is 290 g/mol. The van der Waals surface area contributed by atoms with Crippen LogP contribution >= 0.6 is 0 Å². The Bertz CT molecular complexity index is 879. The number of H-pyrrole nitrogens is 1. The molecular formula is C18H17N3O2. The fraction of sp³-hybridized carbons (Fsp3) is 0.111. The van der Waals surface area contributed by atoms with Crippen molar-refractivity contribution >= 4 is 34.1 Å². The number of carbonyl (C=O) groups excluding carboxylic acids is 2. The van der Waals surface area contributed by atoms with Gasteiger partial charge in [0.1, 0.15) is 5.69 Å². The van der Waals surface area contributed by atoms with Gasteiger partial charge >= 0.3 is 0 Å². The van der Waals surface area contributed by atoms with E-state index in [0.717, 1.165) is 16.5 Å². The molecule has 23 heavy (non-hydrogen) atoms. The van der Waals surface area contributed by atoms with E-state index in [4.69, 9.17) is 0 Å². The van der Waals surface area contributed by atoms with Gasteiger partial charge in [-0.05, 0) is 42.8 Å². The number of hydrogen-bond donors (Lipinski definition) is 3. The quantitative estimate of drug-likeness (QED) is 0.690. The van der Waals surface area contributed by atoms with Crippen molar-refractivity contribution in [1.82, 2.24) is 4.98 Å². The van der Waals surface area contributed by atoms with Gasteiger partial charge < -0.3 is 15.6 Å². The molecule has 0 spiro atoms. The van der Waals surface area contributed by atoms with Gasteiger partial charge in [0.25, 0.3) is 5.91 Å². The lowest BCUT2D eigenvalue weighted by molar-refractivity contribution is -0.114. The lowest BCUT2D eigenvalue weighted by Crippen LogP contribution is -2.12. The van der Waals surface area contributed by atoms with Gasteiger partial charge in [0.05, 0.1) is 0 Å². The first-order valence-electron chi connectivity index (χ1n) is 7.30. The second kappa shape index (κ2) is 5.96. The molecule has 0 aliphatic heterocycles. The summed E-state index contributed by atoms with van der Waals surface area (Å²) in [5, 5.41) is 6.53. The molecule has 0 saturated heterocycles. The van der Waals surface area contributed by atoms with Gasteiger partial charge in [-0.1, -0.05) is 18.2 Å². The van der Waals surface area contributed by atoms with Crippen LogP contribution in [-0.2, 0) is 4.79 Å². The molecule has 1 aromatic heterocycles. The maximum Gasteiger partial charge on any atom is 0.272 e. The number of aromatic nitrogens is 1. The molecule has 0 aliphatic rings. The van der Waals surface area contributed by atoms with E-state index in [-0.39, 0.29) is 11.8 Å². The molecule has 3 N–H and O–H groups in total. The van der Waals surface area contributed by atoms with E-state index in [1.807, 2.05) is 31.2 Å². The maximum absolute atomic E-state index is 12.3. The van der Waals surface area contributed by atoms with Crippen molar-refractivity contribution in [3.8, 4) is 0 Å². The summed E-state index contributed by atoms with van der Waals surface area (Å²) in [4.78, 5) is 26.5. The number of fused-ring (bicyclic) bond motifs is 1. The Labute approximate surface area is 133 Å². The third-order valence-electron chi connectivity index (χ3n) is 3.57. The molecule has 0 fully saturated rings. The summed E-state index contributed by atoms with van der Waals surface area (Å²) >= 11 is 0. The van der Waals surface area contributed by atoms with Crippen LogP contribution in [0.25, 0.3) is 10.9 Å². The van der Waals surface area contributed by atoms with Gasteiger partial charge in [0.15, 0.2) is 0 Å². The summed E-state index contributed by atoms with van der Waals surface area (Å²) in [7, 11) is 0. The average Bonchev–Trinajstić information content (AvgIpc) is 2.94. The largest absolute Gasteiger partial charge is 0.350 e. The van der Waals surface area contributed by atoms with Gasteiger partial charge in [-0.15, -0.1) is 0 Å². The minimum Gasteiger partial charge on any atom is -0.350 e. The molecule has 0 radical (unpaired) electrons. The number of hydrogen-bond acceptors (Lipinski definition) is 2. The van der Waals surface area contributed by atoms with Gasteiger partial charge in [-0.3, -0.25) is 9.59 Å². The zero-order valence-electron chi connectivity index (χ0n) is 12.9. The van der Waals surface area contributed by atoms with E-state index in [1.54, 1.807) is 24.3 Å². The lowest BCUT2D eigenvalue weighted by atomic mass is 10.2. The molecule has 0 unspecified atom stereocenters. The summed E-state index contributed by atoms with van der Waals surface area (Å²) in [6.45, 7) is 3.45. The second-order valence-electron chi connectivity index (χ2n) is 5.43. The summed E-state index contributed by atoms with van der Waals surface area (Å²) in [6, 6.07) is 14.8. The summed E-state index contributed by atoms with van der Waals surface area (Å²) in [5.74, 6) is -0.330. The van der Waals surface area contributed by atoms with Crippen LogP contribution in [0.5, 0.6) is 0 Å². The molecule has 116 valence electrons. The maximum atomic E-state index is 12.3. The van der Waals surface area contributed by atoms with Crippen molar-refractivity contribution in [1.29, 1.82) is 0 Å². The standard InChI is InChI=1S/C18H17N3O2/c1-11-4-3-5-13-10-16(21-17(11)13)18(23)20-15-8-6-14(7-9-15)19-12(2)22/h3-10,21H,1-2H3,(H,19,22)(H,20,23). The van der Waals surface area contributed by atoms with Crippen molar-refractivity contribution in [3.63, 3.8) is 0 Å².